The molecule has 0 aliphatic carbocycles. The van der Waals surface area contributed by atoms with E-state index in [1.807, 2.05) is 31.2 Å². The number of aryl methyl sites for hydroxylation is 1. The Kier molecular flexibility index (Phi) is 2.60. The number of hydrogen-bond acceptors (Lipinski definition) is 3. The second-order valence-electron chi connectivity index (χ2n) is 5.76. The summed E-state index contributed by atoms with van der Waals surface area (Å²) in [6.07, 6.45) is 0.401. The van der Waals surface area contributed by atoms with E-state index >= 15 is 0 Å². The van der Waals surface area contributed by atoms with Crippen LogP contribution in [-0.2, 0) is 10.3 Å². The number of hydrogen-bond donors (Lipinski definition) is 2. The molecule has 2 aromatic carbocycles. The Hall–Kier alpha value is -2.69. The molecule has 1 atom stereocenters. The second-order valence-corrected chi connectivity index (χ2v) is 5.76. The fraction of sp³-hybridized carbons (Fsp3) is 0.176. The van der Waals surface area contributed by atoms with Crippen molar-refractivity contribution < 1.29 is 9.18 Å². The maximum Gasteiger partial charge on any atom is 0.256 e. The highest BCUT2D eigenvalue weighted by Crippen LogP contribution is 2.41. The molecule has 4 rings (SSSR count). The zero-order valence-electron chi connectivity index (χ0n) is 12.0. The van der Waals surface area contributed by atoms with Crippen LogP contribution in [0, 0.1) is 12.7 Å². The van der Waals surface area contributed by atoms with Crippen molar-refractivity contribution in [2.45, 2.75) is 18.9 Å². The molecular weight excluding hydrogens is 281 g/mol. The number of halogens is 1. The van der Waals surface area contributed by atoms with Gasteiger partial charge in [0.2, 0.25) is 0 Å². The molecule has 2 aliphatic rings. The summed E-state index contributed by atoms with van der Waals surface area (Å²) in [5, 5.41) is 7.13. The Morgan fingerprint density at radius 2 is 1.95 bits per heavy atom. The van der Waals surface area contributed by atoms with Gasteiger partial charge in [-0.2, -0.15) is 5.10 Å². The predicted octanol–water partition coefficient (Wildman–Crippen LogP) is 2.68. The number of carbonyl (C=O) groups excluding carboxylic acids is 1. The van der Waals surface area contributed by atoms with Crippen LogP contribution in [0.2, 0.25) is 0 Å². The van der Waals surface area contributed by atoms with Crippen molar-refractivity contribution in [2.24, 2.45) is 5.10 Å². The van der Waals surface area contributed by atoms with Crippen molar-refractivity contribution in [1.82, 2.24) is 5.43 Å². The summed E-state index contributed by atoms with van der Waals surface area (Å²) in [5.74, 6) is -0.556. The van der Waals surface area contributed by atoms with Crippen LogP contribution in [0.5, 0.6) is 0 Å². The summed E-state index contributed by atoms with van der Waals surface area (Å²) in [6, 6.07) is 12.3. The van der Waals surface area contributed by atoms with Crippen LogP contribution in [0.1, 0.15) is 23.1 Å². The first-order chi connectivity index (χ1) is 10.6. The molecule has 0 saturated heterocycles. The summed E-state index contributed by atoms with van der Waals surface area (Å²) in [5.41, 5.74) is 6.11. The molecule has 1 unspecified atom stereocenters. The van der Waals surface area contributed by atoms with Gasteiger partial charge in [-0.3, -0.25) is 10.2 Å². The first kappa shape index (κ1) is 13.0. The van der Waals surface area contributed by atoms with Crippen molar-refractivity contribution in [1.29, 1.82) is 0 Å². The number of hydrazone groups is 1. The number of amides is 1. The highest BCUT2D eigenvalue weighted by molar-refractivity contribution is 6.13. The molecule has 4 nitrogen and oxygen atoms in total. The van der Waals surface area contributed by atoms with E-state index in [-0.39, 0.29) is 11.7 Å². The highest BCUT2D eigenvalue weighted by Gasteiger charge is 2.50. The largest absolute Gasteiger partial charge is 0.323 e. The third-order valence-electron chi connectivity index (χ3n) is 4.28. The summed E-state index contributed by atoms with van der Waals surface area (Å²) < 4.78 is 13.6. The minimum absolute atomic E-state index is 0.195. The lowest BCUT2D eigenvalue weighted by Crippen LogP contribution is -2.42. The second kappa shape index (κ2) is 4.40. The molecular formula is C17H14FN3O. The van der Waals surface area contributed by atoms with Crippen molar-refractivity contribution in [2.75, 3.05) is 5.32 Å². The molecule has 1 spiro atoms. The minimum Gasteiger partial charge on any atom is -0.323 e. The van der Waals surface area contributed by atoms with E-state index in [9.17, 15) is 9.18 Å². The molecule has 2 aliphatic heterocycles. The van der Waals surface area contributed by atoms with Gasteiger partial charge in [-0.1, -0.05) is 29.8 Å². The average Bonchev–Trinajstić information content (AvgIpc) is 3.06. The molecule has 2 heterocycles. The van der Waals surface area contributed by atoms with Crippen molar-refractivity contribution in [3.05, 3.63) is 65.0 Å². The number of fused-ring (bicyclic) bond motifs is 2. The Bertz CT molecular complexity index is 813. The standard InChI is InChI=1S/C17H14FN3O/c1-10-2-4-11(5-3-10)15-9-17(21-20-15)13-8-12(18)6-7-14(13)19-16(17)22/h2-8,21H,9H2,1H3,(H,19,22). The minimum atomic E-state index is -1.00. The van der Waals surface area contributed by atoms with Crippen LogP contribution in [0.25, 0.3) is 0 Å². The fourth-order valence-corrected chi connectivity index (χ4v) is 3.02. The normalized spacial score (nSPS) is 22.3. The number of benzene rings is 2. The maximum atomic E-state index is 13.6. The van der Waals surface area contributed by atoms with Crippen molar-refractivity contribution in [3.8, 4) is 0 Å². The molecule has 2 N–H and O–H groups in total. The highest BCUT2D eigenvalue weighted by atomic mass is 19.1. The van der Waals surface area contributed by atoms with E-state index in [4.69, 9.17) is 0 Å². The van der Waals surface area contributed by atoms with Gasteiger partial charge in [0.15, 0.2) is 5.54 Å². The monoisotopic (exact) mass is 295 g/mol. The fourth-order valence-electron chi connectivity index (χ4n) is 3.02. The topological polar surface area (TPSA) is 53.5 Å². The van der Waals surface area contributed by atoms with Gasteiger partial charge in [0, 0.05) is 17.7 Å². The average molecular weight is 295 g/mol. The van der Waals surface area contributed by atoms with E-state index in [0.717, 1.165) is 16.8 Å². The summed E-state index contributed by atoms with van der Waals surface area (Å²) in [4.78, 5) is 12.4. The lowest BCUT2D eigenvalue weighted by atomic mass is 9.86. The van der Waals surface area contributed by atoms with Gasteiger partial charge < -0.3 is 5.32 Å². The molecule has 0 radical (unpaired) electrons. The van der Waals surface area contributed by atoms with Gasteiger partial charge >= 0.3 is 0 Å². The van der Waals surface area contributed by atoms with Gasteiger partial charge in [0.1, 0.15) is 5.82 Å². The van der Waals surface area contributed by atoms with E-state index in [0.29, 0.717) is 17.7 Å². The summed E-state index contributed by atoms with van der Waals surface area (Å²) >= 11 is 0. The summed E-state index contributed by atoms with van der Waals surface area (Å²) in [6.45, 7) is 2.02. The lowest BCUT2D eigenvalue weighted by Gasteiger charge is -2.20. The van der Waals surface area contributed by atoms with E-state index in [1.165, 1.54) is 12.1 Å². The van der Waals surface area contributed by atoms with Crippen LogP contribution in [0.3, 0.4) is 0 Å². The predicted molar refractivity (Wildman–Crippen MR) is 82.2 cm³/mol. The number of anilines is 1. The van der Waals surface area contributed by atoms with Crippen LogP contribution in [0.15, 0.2) is 47.6 Å². The van der Waals surface area contributed by atoms with Gasteiger partial charge in [-0.25, -0.2) is 4.39 Å². The van der Waals surface area contributed by atoms with E-state index in [2.05, 4.69) is 15.8 Å². The maximum absolute atomic E-state index is 13.6. The molecule has 110 valence electrons. The molecule has 2 aromatic rings. The van der Waals surface area contributed by atoms with Gasteiger partial charge in [-0.05, 0) is 30.7 Å². The number of nitrogens with one attached hydrogen (secondary N) is 2. The van der Waals surface area contributed by atoms with Crippen LogP contribution < -0.4 is 10.7 Å². The molecule has 0 bridgehead atoms. The lowest BCUT2D eigenvalue weighted by molar-refractivity contribution is -0.121. The Labute approximate surface area is 127 Å². The molecule has 0 saturated carbocycles. The van der Waals surface area contributed by atoms with E-state index in [1.54, 1.807) is 6.07 Å². The molecule has 5 heteroatoms. The molecule has 22 heavy (non-hydrogen) atoms. The summed E-state index contributed by atoms with van der Waals surface area (Å²) in [7, 11) is 0. The molecule has 0 aromatic heterocycles. The SMILES string of the molecule is Cc1ccc(C2=NNC3(C2)C(=O)Nc2ccc(F)cc23)cc1. The number of carbonyl (C=O) groups is 1. The third kappa shape index (κ3) is 1.75. The van der Waals surface area contributed by atoms with Crippen molar-refractivity contribution >= 4 is 17.3 Å². The quantitative estimate of drug-likeness (QED) is 0.850. The van der Waals surface area contributed by atoms with Gasteiger partial charge in [0.05, 0.1) is 5.71 Å². The number of rotatable bonds is 1. The third-order valence-corrected chi connectivity index (χ3v) is 4.28. The van der Waals surface area contributed by atoms with Crippen molar-refractivity contribution in [3.63, 3.8) is 0 Å². The molecule has 0 fully saturated rings. The van der Waals surface area contributed by atoms with Crippen LogP contribution in [0.4, 0.5) is 10.1 Å². The van der Waals surface area contributed by atoms with Crippen LogP contribution in [-0.4, -0.2) is 11.6 Å². The Balaban J connectivity index is 1.73. The smallest absolute Gasteiger partial charge is 0.256 e. The number of nitrogens with zero attached hydrogens (tertiary/aromatic N) is 1. The van der Waals surface area contributed by atoms with Crippen LogP contribution >= 0.6 is 0 Å². The molecule has 1 amide bonds. The van der Waals surface area contributed by atoms with E-state index < -0.39 is 5.54 Å². The zero-order chi connectivity index (χ0) is 15.3. The van der Waals surface area contributed by atoms with Gasteiger partial charge in [-0.15, -0.1) is 0 Å². The van der Waals surface area contributed by atoms with Gasteiger partial charge in [0.25, 0.3) is 5.91 Å². The first-order valence-electron chi connectivity index (χ1n) is 7.11. The zero-order valence-corrected chi connectivity index (χ0v) is 12.0. The Morgan fingerprint density at radius 1 is 1.18 bits per heavy atom. The first-order valence-corrected chi connectivity index (χ1v) is 7.11. The Morgan fingerprint density at radius 3 is 2.73 bits per heavy atom.